The second kappa shape index (κ2) is 20.8. The summed E-state index contributed by atoms with van der Waals surface area (Å²) >= 11 is 0. The lowest BCUT2D eigenvalue weighted by Gasteiger charge is -2.08. The molecular weight excluding hydrogens is 518 g/mol. The second-order valence-electron chi connectivity index (χ2n) is 11.6. The van der Waals surface area contributed by atoms with E-state index >= 15 is 0 Å². The molecule has 1 heterocycles. The molecule has 4 nitrogen and oxygen atoms in total. The largest absolute Gasteiger partial charge is 0.423 e. The predicted molar refractivity (Wildman–Crippen MR) is 175 cm³/mol. The number of pyridine rings is 1. The van der Waals surface area contributed by atoms with Crippen LogP contribution >= 0.6 is 0 Å². The topological polar surface area (TPSA) is 48.4 Å². The zero-order valence-electron chi connectivity index (χ0n) is 26.3. The fraction of sp³-hybridized carbons (Fsp3) is 0.526. The molecule has 42 heavy (non-hydrogen) atoms. The maximum Gasteiger partial charge on any atom is 0.343 e. The first-order valence-electron chi connectivity index (χ1n) is 16.6. The Morgan fingerprint density at radius 2 is 1.19 bits per heavy atom. The number of esters is 1. The number of nitrogens with zero attached hydrogens (tertiary/aromatic N) is 1. The zero-order chi connectivity index (χ0) is 29.7. The minimum absolute atomic E-state index is 0.334. The molecule has 0 unspecified atom stereocenters. The molecule has 0 spiro atoms. The number of benzene rings is 2. The Kier molecular flexibility index (Phi) is 16.6. The first-order chi connectivity index (χ1) is 20.7. The van der Waals surface area contributed by atoms with Gasteiger partial charge in [-0.3, -0.25) is 4.98 Å². The first kappa shape index (κ1) is 33.5. The molecule has 0 fully saturated rings. The molecule has 3 aromatic rings. The van der Waals surface area contributed by atoms with Crippen LogP contribution in [0.5, 0.6) is 5.75 Å². The van der Waals surface area contributed by atoms with Crippen LogP contribution in [0.25, 0.3) is 11.3 Å². The maximum atomic E-state index is 12.7. The lowest BCUT2D eigenvalue weighted by Crippen LogP contribution is -2.08. The van der Waals surface area contributed by atoms with Crippen LogP contribution in [0.2, 0.25) is 0 Å². The van der Waals surface area contributed by atoms with Gasteiger partial charge >= 0.3 is 5.97 Å². The van der Waals surface area contributed by atoms with Gasteiger partial charge in [-0.15, -0.1) is 0 Å². The normalized spacial score (nSPS) is 11.1. The average Bonchev–Trinajstić information content (AvgIpc) is 3.02. The van der Waals surface area contributed by atoms with Crippen molar-refractivity contribution in [2.24, 2.45) is 0 Å². The predicted octanol–water partition coefficient (Wildman–Crippen LogP) is 10.9. The van der Waals surface area contributed by atoms with E-state index < -0.39 is 0 Å². The number of ether oxygens (including phenoxy) is 2. The van der Waals surface area contributed by atoms with Crippen LogP contribution in [-0.4, -0.2) is 17.6 Å². The number of aromatic nitrogens is 1. The fourth-order valence-corrected chi connectivity index (χ4v) is 5.16. The van der Waals surface area contributed by atoms with Gasteiger partial charge in [0.1, 0.15) is 5.75 Å². The highest BCUT2D eigenvalue weighted by Gasteiger charge is 2.09. The number of carbonyl (C=O) groups excluding carboxylic acids is 1. The second-order valence-corrected chi connectivity index (χ2v) is 11.6. The van der Waals surface area contributed by atoms with E-state index in [9.17, 15) is 4.79 Å². The van der Waals surface area contributed by atoms with Crippen molar-refractivity contribution >= 4 is 5.97 Å². The van der Waals surface area contributed by atoms with Gasteiger partial charge in [0.05, 0.1) is 17.9 Å². The molecule has 0 N–H and O–H groups in total. The van der Waals surface area contributed by atoms with Crippen LogP contribution in [0.15, 0.2) is 66.9 Å². The summed E-state index contributed by atoms with van der Waals surface area (Å²) in [6, 6.07) is 19.5. The van der Waals surface area contributed by atoms with Crippen LogP contribution in [0, 0.1) is 0 Å². The molecule has 0 saturated heterocycles. The van der Waals surface area contributed by atoms with Crippen molar-refractivity contribution < 1.29 is 14.3 Å². The highest BCUT2D eigenvalue weighted by Crippen LogP contribution is 2.22. The molecule has 0 amide bonds. The minimum atomic E-state index is -0.334. The summed E-state index contributed by atoms with van der Waals surface area (Å²) in [6.45, 7) is 5.91. The third-order valence-electron chi connectivity index (χ3n) is 7.85. The maximum absolute atomic E-state index is 12.7. The third kappa shape index (κ3) is 13.3. The molecule has 0 aliphatic heterocycles. The van der Waals surface area contributed by atoms with Gasteiger partial charge in [-0.05, 0) is 72.9 Å². The van der Waals surface area contributed by atoms with Gasteiger partial charge in [0.25, 0.3) is 0 Å². The van der Waals surface area contributed by atoms with Crippen molar-refractivity contribution in [2.75, 3.05) is 6.61 Å². The van der Waals surface area contributed by atoms with E-state index in [0.29, 0.717) is 17.9 Å². The summed E-state index contributed by atoms with van der Waals surface area (Å²) < 4.78 is 11.5. The van der Waals surface area contributed by atoms with Crippen molar-refractivity contribution in [3.05, 3.63) is 83.6 Å². The third-order valence-corrected chi connectivity index (χ3v) is 7.85. The number of carbonyl (C=O) groups is 1. The van der Waals surface area contributed by atoms with E-state index in [1.54, 1.807) is 0 Å². The van der Waals surface area contributed by atoms with Gasteiger partial charge in [-0.2, -0.15) is 0 Å². The Bertz CT molecular complexity index is 1110. The zero-order valence-corrected chi connectivity index (χ0v) is 26.3. The molecule has 0 bridgehead atoms. The summed E-state index contributed by atoms with van der Waals surface area (Å²) in [6.07, 6.45) is 22.5. The molecule has 4 heteroatoms. The number of unbranched alkanes of at least 4 members (excludes halogenated alkanes) is 13. The molecule has 0 saturated carbocycles. The Labute approximate surface area is 255 Å². The van der Waals surface area contributed by atoms with Crippen LogP contribution in [0.4, 0.5) is 0 Å². The van der Waals surface area contributed by atoms with Crippen molar-refractivity contribution in [3.8, 4) is 17.0 Å². The molecule has 1 aromatic heterocycles. The molecular formula is C38H53NO3. The lowest BCUT2D eigenvalue weighted by molar-refractivity contribution is 0.0734. The smallest absolute Gasteiger partial charge is 0.343 e. The van der Waals surface area contributed by atoms with Crippen LogP contribution in [0.1, 0.15) is 132 Å². The van der Waals surface area contributed by atoms with Crippen molar-refractivity contribution in [2.45, 2.75) is 123 Å². The Morgan fingerprint density at radius 1 is 0.619 bits per heavy atom. The van der Waals surface area contributed by atoms with Crippen LogP contribution < -0.4 is 4.74 Å². The van der Waals surface area contributed by atoms with Gasteiger partial charge < -0.3 is 9.47 Å². The SMILES string of the molecule is CCCCCCCCCCOCc1ccc(-c2ccc(OC(=O)c3ccc(CCCCCCCCC)cc3)cc2)nc1. The van der Waals surface area contributed by atoms with Gasteiger partial charge in [0.2, 0.25) is 0 Å². The van der Waals surface area contributed by atoms with E-state index in [2.05, 4.69) is 24.9 Å². The Morgan fingerprint density at radius 3 is 1.79 bits per heavy atom. The van der Waals surface area contributed by atoms with E-state index in [1.165, 1.54) is 95.5 Å². The van der Waals surface area contributed by atoms with Gasteiger partial charge in [-0.25, -0.2) is 4.79 Å². The monoisotopic (exact) mass is 571 g/mol. The van der Waals surface area contributed by atoms with Gasteiger partial charge in [0.15, 0.2) is 0 Å². The summed E-state index contributed by atoms with van der Waals surface area (Å²) in [4.78, 5) is 17.3. The average molecular weight is 572 g/mol. The van der Waals surface area contributed by atoms with Crippen LogP contribution in [-0.2, 0) is 17.8 Å². The van der Waals surface area contributed by atoms with Gasteiger partial charge in [0, 0.05) is 18.4 Å². The minimum Gasteiger partial charge on any atom is -0.423 e. The summed E-state index contributed by atoms with van der Waals surface area (Å²) in [7, 11) is 0. The first-order valence-corrected chi connectivity index (χ1v) is 16.6. The molecule has 0 aliphatic rings. The highest BCUT2D eigenvalue weighted by atomic mass is 16.5. The van der Waals surface area contributed by atoms with Crippen molar-refractivity contribution in [1.29, 1.82) is 0 Å². The lowest BCUT2D eigenvalue weighted by atomic mass is 10.0. The number of hydrogen-bond donors (Lipinski definition) is 0. The number of hydrogen-bond acceptors (Lipinski definition) is 4. The van der Waals surface area contributed by atoms with E-state index in [0.717, 1.165) is 36.3 Å². The quantitative estimate of drug-likeness (QED) is 0.0683. The molecule has 2 aromatic carbocycles. The molecule has 0 atom stereocenters. The fourth-order valence-electron chi connectivity index (χ4n) is 5.16. The van der Waals surface area contributed by atoms with Gasteiger partial charge in [-0.1, -0.05) is 116 Å². The molecule has 228 valence electrons. The number of rotatable bonds is 22. The molecule has 0 radical (unpaired) electrons. The van der Waals surface area contributed by atoms with E-state index in [4.69, 9.17) is 9.47 Å². The highest BCUT2D eigenvalue weighted by molar-refractivity contribution is 5.91. The number of aryl methyl sites for hydroxylation is 1. The standard InChI is InChI=1S/C38H53NO3/c1-3-5-7-9-11-13-15-17-29-41-31-33-21-28-37(39-30-33)34-24-26-36(27-25-34)42-38(40)35-22-19-32(20-23-35)18-16-14-12-10-8-6-4-2/h19-28,30H,3-18,29,31H2,1-2H3. The Balaban J connectivity index is 1.34. The van der Waals surface area contributed by atoms with E-state index in [1.807, 2.05) is 60.8 Å². The molecule has 3 rings (SSSR count). The Hall–Kier alpha value is -2.98. The van der Waals surface area contributed by atoms with Crippen LogP contribution in [0.3, 0.4) is 0 Å². The van der Waals surface area contributed by atoms with Crippen molar-refractivity contribution in [1.82, 2.24) is 4.98 Å². The van der Waals surface area contributed by atoms with Crippen molar-refractivity contribution in [3.63, 3.8) is 0 Å². The summed E-state index contributed by atoms with van der Waals surface area (Å²) in [5.74, 6) is 0.196. The molecule has 0 aliphatic carbocycles. The van der Waals surface area contributed by atoms with E-state index in [-0.39, 0.29) is 5.97 Å². The summed E-state index contributed by atoms with van der Waals surface area (Å²) in [5, 5.41) is 0. The summed E-state index contributed by atoms with van der Waals surface area (Å²) in [5.41, 5.74) is 4.80.